The summed E-state index contributed by atoms with van der Waals surface area (Å²) < 4.78 is 26.4. The van der Waals surface area contributed by atoms with E-state index in [0.717, 1.165) is 12.3 Å². The fraction of sp³-hybridized carbons (Fsp3) is 0.0909. The topological polar surface area (TPSA) is 155 Å². The number of aryl methyl sites for hydroxylation is 1. The number of rotatable bonds is 4. The number of anilines is 1. The van der Waals surface area contributed by atoms with Gasteiger partial charge in [0, 0.05) is 18.3 Å². The first kappa shape index (κ1) is 15.4. The highest BCUT2D eigenvalue weighted by molar-refractivity contribution is 7.92. The summed E-state index contributed by atoms with van der Waals surface area (Å²) in [5.74, 6) is 0. The van der Waals surface area contributed by atoms with Gasteiger partial charge in [-0.2, -0.15) is 0 Å². The van der Waals surface area contributed by atoms with Crippen LogP contribution in [0.3, 0.4) is 0 Å². The predicted octanol–water partition coefficient (Wildman–Crippen LogP) is 0.0806. The lowest BCUT2D eigenvalue weighted by molar-refractivity contribution is -0.384. The first-order valence-electron chi connectivity index (χ1n) is 5.80. The van der Waals surface area contributed by atoms with Crippen LogP contribution in [0.5, 0.6) is 0 Å². The zero-order valence-corrected chi connectivity index (χ0v) is 11.9. The third kappa shape index (κ3) is 3.03. The number of nitrogens with zero attached hydrogens (tertiary/aromatic N) is 1. The molecule has 0 aliphatic carbocycles. The molecule has 1 heterocycles. The molecule has 2 rings (SSSR count). The van der Waals surface area contributed by atoms with Crippen molar-refractivity contribution in [1.82, 2.24) is 9.97 Å². The third-order valence-corrected chi connectivity index (χ3v) is 4.11. The summed E-state index contributed by atoms with van der Waals surface area (Å²) in [5.41, 5.74) is -1.72. The lowest BCUT2D eigenvalue weighted by atomic mass is 10.2. The van der Waals surface area contributed by atoms with Crippen molar-refractivity contribution in [1.29, 1.82) is 0 Å². The van der Waals surface area contributed by atoms with E-state index in [1.807, 2.05) is 0 Å². The quantitative estimate of drug-likeness (QED) is 0.533. The Balaban J connectivity index is 2.43. The number of benzene rings is 1. The number of aromatic amines is 2. The molecule has 0 unspecified atom stereocenters. The Morgan fingerprint density at radius 1 is 1.27 bits per heavy atom. The minimum Gasteiger partial charge on any atom is -0.313 e. The molecule has 22 heavy (non-hydrogen) atoms. The average molecular weight is 326 g/mol. The van der Waals surface area contributed by atoms with E-state index in [1.54, 1.807) is 4.98 Å². The average Bonchev–Trinajstić information content (AvgIpc) is 2.40. The molecule has 0 amide bonds. The van der Waals surface area contributed by atoms with E-state index in [0.29, 0.717) is 5.56 Å². The smallest absolute Gasteiger partial charge is 0.313 e. The fourth-order valence-corrected chi connectivity index (χ4v) is 2.81. The van der Waals surface area contributed by atoms with Gasteiger partial charge in [0.15, 0.2) is 4.90 Å². The van der Waals surface area contributed by atoms with Gasteiger partial charge in [0.1, 0.15) is 0 Å². The summed E-state index contributed by atoms with van der Waals surface area (Å²) in [6.45, 7) is 1.47. The summed E-state index contributed by atoms with van der Waals surface area (Å²) in [6, 6.07) is 3.53. The predicted molar refractivity (Wildman–Crippen MR) is 76.3 cm³/mol. The Kier molecular flexibility index (Phi) is 3.82. The highest BCUT2D eigenvalue weighted by atomic mass is 32.2. The van der Waals surface area contributed by atoms with E-state index in [-0.39, 0.29) is 11.4 Å². The molecule has 0 radical (unpaired) electrons. The van der Waals surface area contributed by atoms with E-state index >= 15 is 0 Å². The molecule has 3 N–H and O–H groups in total. The number of nitro groups is 1. The molecule has 1 aromatic carbocycles. The van der Waals surface area contributed by atoms with Crippen LogP contribution in [0, 0.1) is 17.0 Å². The van der Waals surface area contributed by atoms with Crippen LogP contribution in [-0.4, -0.2) is 23.3 Å². The van der Waals surface area contributed by atoms with Crippen molar-refractivity contribution in [2.75, 3.05) is 4.72 Å². The van der Waals surface area contributed by atoms with Crippen molar-refractivity contribution in [2.45, 2.75) is 11.8 Å². The number of aromatic nitrogens is 2. The van der Waals surface area contributed by atoms with Gasteiger partial charge in [0.05, 0.1) is 10.6 Å². The van der Waals surface area contributed by atoms with Gasteiger partial charge in [-0.25, -0.2) is 13.2 Å². The summed E-state index contributed by atoms with van der Waals surface area (Å²) in [5, 5.41) is 10.6. The van der Waals surface area contributed by atoms with Gasteiger partial charge in [-0.1, -0.05) is 0 Å². The normalized spacial score (nSPS) is 11.1. The van der Waals surface area contributed by atoms with Crippen molar-refractivity contribution >= 4 is 21.4 Å². The van der Waals surface area contributed by atoms with E-state index in [1.165, 1.54) is 19.1 Å². The maximum absolute atomic E-state index is 12.1. The van der Waals surface area contributed by atoms with Gasteiger partial charge in [-0.15, -0.1) is 0 Å². The van der Waals surface area contributed by atoms with Crippen molar-refractivity contribution in [2.24, 2.45) is 0 Å². The molecule has 1 aromatic heterocycles. The summed E-state index contributed by atoms with van der Waals surface area (Å²) in [6.07, 6.45) is 0.768. The van der Waals surface area contributed by atoms with Crippen LogP contribution in [0.1, 0.15) is 5.56 Å². The first-order valence-corrected chi connectivity index (χ1v) is 7.29. The molecule has 0 bridgehead atoms. The molecule has 0 aliphatic heterocycles. The third-order valence-electron chi connectivity index (χ3n) is 2.74. The van der Waals surface area contributed by atoms with Crippen LogP contribution in [0.15, 0.2) is 38.9 Å². The highest BCUT2D eigenvalue weighted by Crippen LogP contribution is 2.23. The van der Waals surface area contributed by atoms with Gasteiger partial charge in [-0.05, 0) is 18.6 Å². The van der Waals surface area contributed by atoms with Gasteiger partial charge in [-0.3, -0.25) is 24.6 Å². The highest BCUT2D eigenvalue weighted by Gasteiger charge is 2.20. The van der Waals surface area contributed by atoms with Crippen LogP contribution >= 0.6 is 0 Å². The van der Waals surface area contributed by atoms with E-state index < -0.39 is 31.1 Å². The number of non-ortho nitro benzene ring substituents is 1. The second-order valence-corrected chi connectivity index (χ2v) is 5.95. The Hall–Kier alpha value is -2.95. The van der Waals surface area contributed by atoms with Gasteiger partial charge in [0.2, 0.25) is 0 Å². The van der Waals surface area contributed by atoms with Crippen molar-refractivity contribution < 1.29 is 13.3 Å². The number of H-pyrrole nitrogens is 2. The van der Waals surface area contributed by atoms with Crippen molar-refractivity contribution in [3.63, 3.8) is 0 Å². The summed E-state index contributed by atoms with van der Waals surface area (Å²) in [4.78, 5) is 35.6. The Morgan fingerprint density at radius 2 is 1.95 bits per heavy atom. The van der Waals surface area contributed by atoms with Gasteiger partial charge >= 0.3 is 5.69 Å². The molecular weight excluding hydrogens is 316 g/mol. The first-order chi connectivity index (χ1) is 10.2. The van der Waals surface area contributed by atoms with Crippen LogP contribution in [0.2, 0.25) is 0 Å². The SMILES string of the molecule is Cc1cc([N+](=O)[O-])ccc1NS(=O)(=O)c1c[nH]c(=O)[nH]c1=O. The number of hydrogen-bond donors (Lipinski definition) is 3. The lowest BCUT2D eigenvalue weighted by Crippen LogP contribution is -2.29. The van der Waals surface area contributed by atoms with Gasteiger partial charge in [0.25, 0.3) is 21.3 Å². The molecule has 0 spiro atoms. The fourth-order valence-electron chi connectivity index (χ4n) is 1.67. The van der Waals surface area contributed by atoms with Gasteiger partial charge < -0.3 is 4.98 Å². The molecule has 10 nitrogen and oxygen atoms in total. The number of sulfonamides is 1. The number of nitro benzene ring substituents is 1. The van der Waals surface area contributed by atoms with Crippen LogP contribution in [-0.2, 0) is 10.0 Å². The number of nitrogens with one attached hydrogen (secondary N) is 3. The van der Waals surface area contributed by atoms with Crippen molar-refractivity contribution in [3.05, 3.63) is 60.9 Å². The zero-order chi connectivity index (χ0) is 16.5. The minimum absolute atomic E-state index is 0.0798. The summed E-state index contributed by atoms with van der Waals surface area (Å²) in [7, 11) is -4.25. The molecule has 0 saturated heterocycles. The minimum atomic E-state index is -4.25. The van der Waals surface area contributed by atoms with Crippen LogP contribution < -0.4 is 16.0 Å². The van der Waals surface area contributed by atoms with E-state index in [2.05, 4.69) is 9.71 Å². The largest absolute Gasteiger partial charge is 0.325 e. The molecular formula is C11H10N4O6S. The molecule has 2 aromatic rings. The Bertz CT molecular complexity index is 959. The lowest BCUT2D eigenvalue weighted by Gasteiger charge is -2.09. The standard InChI is InChI=1S/C11H10N4O6S/c1-6-4-7(15(18)19)2-3-8(6)14-22(20,21)9-5-12-11(17)13-10(9)16/h2-5,14H,1H3,(H2,12,13,16,17). The maximum Gasteiger partial charge on any atom is 0.325 e. The zero-order valence-electron chi connectivity index (χ0n) is 11.1. The number of hydrogen-bond acceptors (Lipinski definition) is 6. The van der Waals surface area contributed by atoms with E-state index in [9.17, 15) is 28.1 Å². The second-order valence-electron chi connectivity index (χ2n) is 4.30. The Morgan fingerprint density at radius 3 is 2.50 bits per heavy atom. The maximum atomic E-state index is 12.1. The molecule has 11 heteroatoms. The summed E-state index contributed by atoms with van der Waals surface area (Å²) >= 11 is 0. The molecule has 0 saturated carbocycles. The van der Waals surface area contributed by atoms with Crippen molar-refractivity contribution in [3.8, 4) is 0 Å². The molecule has 0 fully saturated rings. The molecule has 116 valence electrons. The molecule has 0 aliphatic rings. The van der Waals surface area contributed by atoms with Crippen LogP contribution in [0.4, 0.5) is 11.4 Å². The second kappa shape index (κ2) is 5.44. The van der Waals surface area contributed by atoms with Crippen LogP contribution in [0.25, 0.3) is 0 Å². The van der Waals surface area contributed by atoms with E-state index in [4.69, 9.17) is 0 Å². The molecule has 0 atom stereocenters. The Labute approximate surface area is 123 Å². The monoisotopic (exact) mass is 326 g/mol.